The molecule has 4 fully saturated rings. The van der Waals surface area contributed by atoms with E-state index in [1.54, 1.807) is 7.11 Å². The van der Waals surface area contributed by atoms with Crippen molar-refractivity contribution in [3.8, 4) is 5.75 Å². The predicted molar refractivity (Wildman–Crippen MR) is 210 cm³/mol. The van der Waals surface area contributed by atoms with Gasteiger partial charge in [-0.05, 0) is 87.2 Å². The van der Waals surface area contributed by atoms with Crippen LogP contribution in [0.1, 0.15) is 81.4 Å². The number of rotatable bonds is 6. The van der Waals surface area contributed by atoms with E-state index in [1.807, 2.05) is 19.2 Å². The van der Waals surface area contributed by atoms with E-state index in [0.29, 0.717) is 31.6 Å². The van der Waals surface area contributed by atoms with Gasteiger partial charge in [-0.3, -0.25) is 9.69 Å². The fraction of sp³-hybridized carbons (Fsp3) is 0.636. The van der Waals surface area contributed by atoms with E-state index in [-0.39, 0.29) is 36.3 Å². The standard InChI is InChI=1S/C44H58N4O7/c1-7-40-15-11-17-48-19-16-42(36(40)48)30-20-31(34(53-4)21-33(30)46(3)37(42)44(52,25-40)39(50)55-6)43(38(49)54-5)23-27-22-41(51,8-2)26-47(24-27)18-14-29-28-12-9-10-13-32(28)45-35(29)43/h9-13,15,20-21,27,29,35-37,45,51-52H,7-8,14,16-19,22-26H2,1-6H3/t27-,29+,35?,36-,37+,40-,41-,42+,43-,44+/m0/s1. The molecule has 0 radical (unpaired) electrons. The number of carbonyl (C=O) groups is 2. The lowest BCUT2D eigenvalue weighted by atomic mass is 9.49. The summed E-state index contributed by atoms with van der Waals surface area (Å²) >= 11 is 0. The number of anilines is 2. The summed E-state index contributed by atoms with van der Waals surface area (Å²) in [6.45, 7) is 8.03. The van der Waals surface area contributed by atoms with Gasteiger partial charge in [-0.1, -0.05) is 44.2 Å². The molecule has 1 spiro atoms. The molecule has 11 heteroatoms. The van der Waals surface area contributed by atoms with E-state index in [0.717, 1.165) is 67.9 Å². The van der Waals surface area contributed by atoms with Crippen molar-refractivity contribution in [2.24, 2.45) is 11.3 Å². The summed E-state index contributed by atoms with van der Waals surface area (Å²) in [4.78, 5) is 36.3. The van der Waals surface area contributed by atoms with Crippen molar-refractivity contribution in [1.82, 2.24) is 9.80 Å². The molecule has 2 aromatic rings. The van der Waals surface area contributed by atoms with Gasteiger partial charge in [-0.2, -0.15) is 0 Å². The first kappa shape index (κ1) is 37.0. The Balaban J connectivity index is 1.32. The van der Waals surface area contributed by atoms with Gasteiger partial charge in [0, 0.05) is 72.5 Å². The van der Waals surface area contributed by atoms with Crippen molar-refractivity contribution in [2.45, 2.75) is 105 Å². The number of hydrogen-bond acceptors (Lipinski definition) is 11. The van der Waals surface area contributed by atoms with Crippen LogP contribution in [-0.4, -0.2) is 122 Å². The molecule has 2 aromatic carbocycles. The lowest BCUT2D eigenvalue weighted by Gasteiger charge is -2.60. The van der Waals surface area contributed by atoms with Gasteiger partial charge in [0.15, 0.2) is 5.60 Å². The number of esters is 2. The quantitative estimate of drug-likeness (QED) is 0.288. The van der Waals surface area contributed by atoms with Crippen molar-refractivity contribution in [1.29, 1.82) is 0 Å². The van der Waals surface area contributed by atoms with Crippen molar-refractivity contribution in [2.75, 3.05) is 71.3 Å². The van der Waals surface area contributed by atoms with E-state index < -0.39 is 39.5 Å². The Hall–Kier alpha value is -3.64. The Morgan fingerprint density at radius 2 is 1.75 bits per heavy atom. The Kier molecular flexibility index (Phi) is 8.52. The molecule has 7 aliphatic rings. The Morgan fingerprint density at radius 1 is 0.964 bits per heavy atom. The number of nitrogens with zero attached hydrogens (tertiary/aromatic N) is 3. The highest BCUT2D eigenvalue weighted by molar-refractivity contribution is 5.90. The highest BCUT2D eigenvalue weighted by Crippen LogP contribution is 2.68. The number of para-hydroxylation sites is 1. The molecule has 2 bridgehead atoms. The fourth-order valence-electron chi connectivity index (χ4n) is 13.7. The first-order valence-electron chi connectivity index (χ1n) is 20.5. The number of nitrogens with one attached hydrogen (secondary N) is 1. The molecule has 2 unspecified atom stereocenters. The van der Waals surface area contributed by atoms with Crippen LogP contribution in [0.3, 0.4) is 0 Å². The van der Waals surface area contributed by atoms with Gasteiger partial charge in [-0.15, -0.1) is 0 Å². The van der Waals surface area contributed by atoms with Gasteiger partial charge in [-0.25, -0.2) is 4.79 Å². The summed E-state index contributed by atoms with van der Waals surface area (Å²) in [5.41, 5.74) is -0.136. The lowest BCUT2D eigenvalue weighted by Crippen LogP contribution is -2.74. The van der Waals surface area contributed by atoms with Crippen LogP contribution < -0.4 is 15.0 Å². The minimum absolute atomic E-state index is 0.00843. The second kappa shape index (κ2) is 12.7. The number of likely N-dealkylation sites (N-methyl/N-ethyl adjacent to an activating group) is 1. The molecule has 11 atom stereocenters. The van der Waals surface area contributed by atoms with Crippen LogP contribution in [0.15, 0.2) is 48.6 Å². The average molecular weight is 755 g/mol. The molecule has 0 aromatic heterocycles. The van der Waals surface area contributed by atoms with Crippen LogP contribution >= 0.6 is 0 Å². The molecule has 296 valence electrons. The summed E-state index contributed by atoms with van der Waals surface area (Å²) in [7, 11) is 6.50. The van der Waals surface area contributed by atoms with Crippen molar-refractivity contribution in [3.63, 3.8) is 0 Å². The molecular weight excluding hydrogens is 697 g/mol. The number of methoxy groups -OCH3 is 3. The van der Waals surface area contributed by atoms with E-state index in [2.05, 4.69) is 70.3 Å². The number of piperidine rings is 1. The van der Waals surface area contributed by atoms with E-state index in [1.165, 1.54) is 19.8 Å². The van der Waals surface area contributed by atoms with Crippen molar-refractivity contribution >= 4 is 23.3 Å². The molecule has 6 heterocycles. The summed E-state index contributed by atoms with van der Waals surface area (Å²) in [5.74, 6) is -0.399. The van der Waals surface area contributed by atoms with Crippen molar-refractivity contribution < 1.29 is 34.0 Å². The third kappa shape index (κ3) is 4.82. The van der Waals surface area contributed by atoms with Gasteiger partial charge in [0.2, 0.25) is 0 Å². The predicted octanol–water partition coefficient (Wildman–Crippen LogP) is 4.35. The Labute approximate surface area is 325 Å². The zero-order valence-corrected chi connectivity index (χ0v) is 33.3. The first-order chi connectivity index (χ1) is 26.4. The van der Waals surface area contributed by atoms with Gasteiger partial charge in [0.05, 0.1) is 39.0 Å². The summed E-state index contributed by atoms with van der Waals surface area (Å²) in [6.07, 6.45) is 8.66. The van der Waals surface area contributed by atoms with Gasteiger partial charge >= 0.3 is 11.9 Å². The van der Waals surface area contributed by atoms with E-state index in [9.17, 15) is 15.0 Å². The second-order valence-corrected chi connectivity index (χ2v) is 18.0. The maximum absolute atomic E-state index is 15.3. The smallest absolute Gasteiger partial charge is 0.340 e. The zero-order chi connectivity index (χ0) is 38.7. The highest BCUT2D eigenvalue weighted by Gasteiger charge is 2.75. The molecule has 3 saturated heterocycles. The molecular formula is C44H58N4O7. The molecule has 55 heavy (non-hydrogen) atoms. The second-order valence-electron chi connectivity index (χ2n) is 18.0. The molecule has 9 rings (SSSR count). The monoisotopic (exact) mass is 754 g/mol. The van der Waals surface area contributed by atoms with Crippen LogP contribution in [0.2, 0.25) is 0 Å². The topological polar surface area (TPSA) is 124 Å². The van der Waals surface area contributed by atoms with Crippen LogP contribution in [0.4, 0.5) is 11.4 Å². The minimum Gasteiger partial charge on any atom is -0.496 e. The maximum atomic E-state index is 15.3. The summed E-state index contributed by atoms with van der Waals surface area (Å²) in [6, 6.07) is 11.7. The molecule has 6 aliphatic heterocycles. The first-order valence-corrected chi connectivity index (χ1v) is 20.5. The van der Waals surface area contributed by atoms with E-state index >= 15 is 4.79 Å². The fourth-order valence-corrected chi connectivity index (χ4v) is 13.7. The SMILES string of the molecule is CC[C@]1(O)C[C@@H]2CN(CC[C@@H]3c4ccccc4NC3[C@@](C(=O)OC)(c3cc4c(cc3OC)N(C)[C@@H]3[C@]45CCN4CC=C[C@@](CC)(C[C@]3(O)C(=O)OC)[C@H]45)C2)C1. The number of hydrogen-bond donors (Lipinski definition) is 3. The number of aliphatic hydroxyl groups is 2. The number of carbonyl (C=O) groups excluding carboxylic acids is 2. The van der Waals surface area contributed by atoms with Gasteiger partial charge < -0.3 is 39.5 Å². The average Bonchev–Trinajstić information content (AvgIpc) is 3.85. The summed E-state index contributed by atoms with van der Waals surface area (Å²) in [5, 5.41) is 28.7. The van der Waals surface area contributed by atoms with Gasteiger partial charge in [0.1, 0.15) is 11.2 Å². The molecule has 1 aliphatic carbocycles. The normalized spacial score (nSPS) is 41.0. The number of ether oxygens (including phenoxy) is 3. The third-order valence-electron chi connectivity index (χ3n) is 15.7. The van der Waals surface area contributed by atoms with Crippen LogP contribution in [-0.2, 0) is 29.9 Å². The Morgan fingerprint density at radius 3 is 2.47 bits per heavy atom. The van der Waals surface area contributed by atoms with Crippen LogP contribution in [0, 0.1) is 11.3 Å². The zero-order valence-electron chi connectivity index (χ0n) is 33.3. The van der Waals surface area contributed by atoms with Crippen LogP contribution in [0.5, 0.6) is 5.75 Å². The number of fused-ring (bicyclic) bond motifs is 6. The van der Waals surface area contributed by atoms with Gasteiger partial charge in [0.25, 0.3) is 0 Å². The lowest BCUT2D eigenvalue weighted by molar-refractivity contribution is -0.181. The molecule has 3 N–H and O–H groups in total. The Bertz CT molecular complexity index is 1940. The molecule has 1 saturated carbocycles. The van der Waals surface area contributed by atoms with Crippen molar-refractivity contribution in [3.05, 3.63) is 65.2 Å². The highest BCUT2D eigenvalue weighted by atomic mass is 16.5. The van der Waals surface area contributed by atoms with E-state index in [4.69, 9.17) is 14.2 Å². The van der Waals surface area contributed by atoms with Crippen LogP contribution in [0.25, 0.3) is 0 Å². The maximum Gasteiger partial charge on any atom is 0.340 e. The minimum atomic E-state index is -1.80. The third-order valence-corrected chi connectivity index (χ3v) is 15.7. The largest absolute Gasteiger partial charge is 0.496 e. The molecule has 0 amide bonds. The number of benzene rings is 2. The summed E-state index contributed by atoms with van der Waals surface area (Å²) < 4.78 is 17.8. The molecule has 11 nitrogen and oxygen atoms in total.